The van der Waals surface area contributed by atoms with Gasteiger partial charge in [0.05, 0.1) is 19.2 Å². The maximum Gasteiger partial charge on any atom is 0.330 e. The summed E-state index contributed by atoms with van der Waals surface area (Å²) in [4.78, 5) is 42.7. The number of nitrogens with zero attached hydrogens (tertiary/aromatic N) is 2. The van der Waals surface area contributed by atoms with Crippen LogP contribution in [0.2, 0.25) is 0 Å². The fraction of sp³-hybridized carbons (Fsp3) is 0.370. The van der Waals surface area contributed by atoms with Crippen molar-refractivity contribution in [1.82, 2.24) is 9.55 Å². The summed E-state index contributed by atoms with van der Waals surface area (Å²) in [6, 6.07) is 15.2. The normalized spacial score (nSPS) is 16.6. The number of benzene rings is 2. The predicted octanol–water partition coefficient (Wildman–Crippen LogP) is 2.25. The Balaban J connectivity index is 1.44. The van der Waals surface area contributed by atoms with Gasteiger partial charge in [0.1, 0.15) is 11.6 Å². The van der Waals surface area contributed by atoms with Gasteiger partial charge in [-0.15, -0.1) is 0 Å². The zero-order chi connectivity index (χ0) is 25.1. The van der Waals surface area contributed by atoms with Crippen LogP contribution in [0.1, 0.15) is 36.0 Å². The molecule has 0 unspecified atom stereocenters. The zero-order valence-corrected chi connectivity index (χ0v) is 20.1. The Morgan fingerprint density at radius 2 is 1.92 bits per heavy atom. The second kappa shape index (κ2) is 10.4. The third-order valence-corrected chi connectivity index (χ3v) is 6.81. The van der Waals surface area contributed by atoms with Gasteiger partial charge in [-0.05, 0) is 60.9 Å². The number of carbonyl (C=O) groups excluding carboxylic acids is 1. The topological polar surface area (TPSA) is 120 Å². The monoisotopic (exact) mass is 490 g/mol. The average molecular weight is 491 g/mol. The van der Waals surface area contributed by atoms with Gasteiger partial charge in [-0.25, -0.2) is 4.79 Å². The van der Waals surface area contributed by atoms with E-state index in [1.807, 2.05) is 48.5 Å². The van der Waals surface area contributed by atoms with Crippen molar-refractivity contribution in [2.75, 3.05) is 30.4 Å². The molecular formula is C27H30N4O5. The van der Waals surface area contributed by atoms with E-state index in [1.54, 1.807) is 0 Å². The molecule has 3 N–H and O–H groups in total. The highest BCUT2D eigenvalue weighted by atomic mass is 16.5. The van der Waals surface area contributed by atoms with Crippen LogP contribution in [0, 0.1) is 0 Å². The maximum atomic E-state index is 13.4. The second-order valence-corrected chi connectivity index (χ2v) is 9.28. The van der Waals surface area contributed by atoms with Crippen molar-refractivity contribution in [3.8, 4) is 5.75 Å². The molecule has 1 atom stereocenters. The number of anilines is 2. The van der Waals surface area contributed by atoms with Crippen molar-refractivity contribution in [2.24, 2.45) is 0 Å². The zero-order valence-electron chi connectivity index (χ0n) is 20.1. The lowest BCUT2D eigenvalue weighted by molar-refractivity contribution is -0.121. The quantitative estimate of drug-likeness (QED) is 0.500. The Morgan fingerprint density at radius 3 is 2.69 bits per heavy atom. The Kier molecular flexibility index (Phi) is 6.90. The van der Waals surface area contributed by atoms with Crippen molar-refractivity contribution in [2.45, 2.75) is 44.8 Å². The summed E-state index contributed by atoms with van der Waals surface area (Å²) in [6.45, 7) is 0.617. The van der Waals surface area contributed by atoms with Crippen LogP contribution in [-0.4, -0.2) is 41.3 Å². The highest BCUT2D eigenvalue weighted by Gasteiger charge is 2.29. The van der Waals surface area contributed by atoms with E-state index in [2.05, 4.69) is 4.98 Å². The summed E-state index contributed by atoms with van der Waals surface area (Å²) in [5.41, 5.74) is 8.35. The minimum atomic E-state index is -0.717. The molecule has 1 aromatic heterocycles. The number of aryl methyl sites for hydroxylation is 2. The van der Waals surface area contributed by atoms with E-state index < -0.39 is 17.2 Å². The number of carbonyl (C=O) groups is 1. The molecule has 2 aliphatic rings. The summed E-state index contributed by atoms with van der Waals surface area (Å²) < 4.78 is 12.8. The first-order chi connectivity index (χ1) is 17.5. The number of aromatic amines is 1. The van der Waals surface area contributed by atoms with Gasteiger partial charge in [0, 0.05) is 6.61 Å². The van der Waals surface area contributed by atoms with E-state index in [0.29, 0.717) is 12.4 Å². The van der Waals surface area contributed by atoms with Crippen LogP contribution in [0.4, 0.5) is 11.5 Å². The molecule has 0 bridgehead atoms. The first-order valence-electron chi connectivity index (χ1n) is 12.3. The van der Waals surface area contributed by atoms with Gasteiger partial charge in [-0.3, -0.25) is 24.0 Å². The SMILES string of the molecule is Nc1c(N(C[C@@H]2CCCO2)C(=O)COc2ccc3c(c2)CCC3)c(=O)[nH]c(=O)n1Cc1ccccc1. The fourth-order valence-corrected chi connectivity index (χ4v) is 4.93. The number of fused-ring (bicyclic) bond motifs is 1. The molecule has 0 saturated carbocycles. The molecule has 3 aromatic rings. The Morgan fingerprint density at radius 1 is 1.11 bits per heavy atom. The number of nitrogen functional groups attached to an aromatic ring is 1. The largest absolute Gasteiger partial charge is 0.484 e. The molecule has 36 heavy (non-hydrogen) atoms. The molecule has 5 rings (SSSR count). The van der Waals surface area contributed by atoms with Gasteiger partial charge < -0.3 is 15.2 Å². The number of H-pyrrole nitrogens is 1. The van der Waals surface area contributed by atoms with Crippen LogP contribution in [0.25, 0.3) is 0 Å². The molecule has 9 heteroatoms. The van der Waals surface area contributed by atoms with E-state index in [-0.39, 0.29) is 37.3 Å². The van der Waals surface area contributed by atoms with E-state index in [1.165, 1.54) is 20.6 Å². The van der Waals surface area contributed by atoms with Crippen molar-refractivity contribution < 1.29 is 14.3 Å². The van der Waals surface area contributed by atoms with E-state index in [4.69, 9.17) is 15.2 Å². The van der Waals surface area contributed by atoms with Crippen molar-refractivity contribution in [3.05, 3.63) is 86.1 Å². The lowest BCUT2D eigenvalue weighted by atomic mass is 10.1. The molecule has 2 heterocycles. The molecule has 2 aromatic carbocycles. The van der Waals surface area contributed by atoms with Crippen molar-refractivity contribution in [3.63, 3.8) is 0 Å². The molecule has 0 radical (unpaired) electrons. The molecule has 188 valence electrons. The number of hydrogen-bond acceptors (Lipinski definition) is 6. The van der Waals surface area contributed by atoms with Crippen molar-refractivity contribution >= 4 is 17.4 Å². The Bertz CT molecular complexity index is 1360. The molecular weight excluding hydrogens is 460 g/mol. The van der Waals surface area contributed by atoms with Gasteiger partial charge in [0.15, 0.2) is 12.3 Å². The number of ether oxygens (including phenoxy) is 2. The molecule has 0 spiro atoms. The molecule has 1 aliphatic carbocycles. The number of rotatable bonds is 8. The average Bonchev–Trinajstić information content (AvgIpc) is 3.57. The lowest BCUT2D eigenvalue weighted by Gasteiger charge is -2.26. The van der Waals surface area contributed by atoms with Crippen molar-refractivity contribution in [1.29, 1.82) is 0 Å². The third-order valence-electron chi connectivity index (χ3n) is 6.81. The van der Waals surface area contributed by atoms with Crippen LogP contribution in [0.15, 0.2) is 58.1 Å². The number of amides is 1. The number of nitrogens with one attached hydrogen (secondary N) is 1. The third kappa shape index (κ3) is 5.06. The summed E-state index contributed by atoms with van der Waals surface area (Å²) in [6.07, 6.45) is 4.58. The van der Waals surface area contributed by atoms with Gasteiger partial charge >= 0.3 is 5.69 Å². The van der Waals surface area contributed by atoms with E-state index in [9.17, 15) is 14.4 Å². The van der Waals surface area contributed by atoms with Crippen LogP contribution < -0.4 is 26.6 Å². The highest BCUT2D eigenvalue weighted by molar-refractivity contribution is 5.96. The first-order valence-corrected chi connectivity index (χ1v) is 12.3. The highest BCUT2D eigenvalue weighted by Crippen LogP contribution is 2.27. The molecule has 1 fully saturated rings. The molecule has 1 aliphatic heterocycles. The number of aromatic nitrogens is 2. The summed E-state index contributed by atoms with van der Waals surface area (Å²) in [7, 11) is 0. The Labute approximate surface area is 208 Å². The maximum absolute atomic E-state index is 13.4. The van der Waals surface area contributed by atoms with Gasteiger partial charge in [-0.1, -0.05) is 36.4 Å². The van der Waals surface area contributed by atoms with Crippen LogP contribution >= 0.6 is 0 Å². The number of hydrogen-bond donors (Lipinski definition) is 2. The molecule has 1 saturated heterocycles. The van der Waals surface area contributed by atoms with Gasteiger partial charge in [-0.2, -0.15) is 0 Å². The first kappa shape index (κ1) is 23.9. The van der Waals surface area contributed by atoms with Gasteiger partial charge in [0.2, 0.25) is 0 Å². The number of nitrogens with two attached hydrogens (primary N) is 1. The predicted molar refractivity (Wildman–Crippen MR) is 137 cm³/mol. The minimum absolute atomic E-state index is 0.0661. The van der Waals surface area contributed by atoms with Crippen LogP contribution in [0.3, 0.4) is 0 Å². The van der Waals surface area contributed by atoms with E-state index >= 15 is 0 Å². The van der Waals surface area contributed by atoms with Crippen LogP contribution in [0.5, 0.6) is 5.75 Å². The van der Waals surface area contributed by atoms with Crippen LogP contribution in [-0.2, 0) is 28.9 Å². The summed E-state index contributed by atoms with van der Waals surface area (Å²) in [5.74, 6) is 0.0987. The fourth-order valence-electron chi connectivity index (χ4n) is 4.93. The second-order valence-electron chi connectivity index (χ2n) is 9.28. The smallest absolute Gasteiger partial charge is 0.330 e. The standard InChI is InChI=1S/C27H30N4O5/c28-25-24(26(33)29-27(34)31(25)15-18-6-2-1-3-7-18)30(16-22-10-5-13-35-22)23(32)17-36-21-12-11-19-8-4-9-20(19)14-21/h1-3,6-7,11-12,14,22H,4-5,8-10,13,15-17,28H2,(H,29,33,34)/t22-/m0/s1. The summed E-state index contributed by atoms with van der Waals surface area (Å²) >= 11 is 0. The van der Waals surface area contributed by atoms with E-state index in [0.717, 1.165) is 37.7 Å². The lowest BCUT2D eigenvalue weighted by Crippen LogP contribution is -2.46. The van der Waals surface area contributed by atoms with Gasteiger partial charge in [0.25, 0.3) is 11.5 Å². The Hall–Kier alpha value is -3.85. The minimum Gasteiger partial charge on any atom is -0.484 e. The molecule has 9 nitrogen and oxygen atoms in total. The molecule has 1 amide bonds. The summed E-state index contributed by atoms with van der Waals surface area (Å²) in [5, 5.41) is 0.